The van der Waals surface area contributed by atoms with E-state index < -0.39 is 47.1 Å². The highest BCUT2D eigenvalue weighted by Crippen LogP contribution is 2.10. The molecule has 0 saturated heterocycles. The summed E-state index contributed by atoms with van der Waals surface area (Å²) in [5.74, 6) is -2.35. The minimum atomic E-state index is -1.16. The number of hydrogen-bond acceptors (Lipinski definition) is 10. The molecule has 0 aliphatic rings. The van der Waals surface area contributed by atoms with Crippen LogP contribution < -0.4 is 27.0 Å². The number of carbonyl (C=O) groups excluding carboxylic acids is 6. The second-order valence-electron chi connectivity index (χ2n) is 9.59. The fraction of sp³-hybridized carbons (Fsp3) is 0.400. The molecule has 0 aromatic heterocycles. The van der Waals surface area contributed by atoms with Crippen LogP contribution in [-0.4, -0.2) is 79.0 Å². The van der Waals surface area contributed by atoms with E-state index in [4.69, 9.17) is 15.2 Å². The quantitative estimate of drug-likeness (QED) is 0.153. The van der Waals surface area contributed by atoms with Crippen molar-refractivity contribution in [2.24, 2.45) is 5.73 Å². The third kappa shape index (κ3) is 15.4. The van der Waals surface area contributed by atoms with Crippen LogP contribution in [0.3, 0.4) is 0 Å². The van der Waals surface area contributed by atoms with E-state index in [2.05, 4.69) is 21.3 Å². The molecule has 3 atom stereocenters. The number of nitrogens with one attached hydrogen (secondary N) is 4. The second kappa shape index (κ2) is 21.5. The van der Waals surface area contributed by atoms with E-state index in [-0.39, 0.29) is 63.0 Å². The van der Waals surface area contributed by atoms with Crippen molar-refractivity contribution in [2.45, 2.75) is 50.9 Å². The number of halogens is 1. The van der Waals surface area contributed by atoms with E-state index in [0.29, 0.717) is 0 Å². The molecule has 0 heterocycles. The van der Waals surface area contributed by atoms with E-state index in [9.17, 15) is 28.8 Å². The predicted molar refractivity (Wildman–Crippen MR) is 171 cm³/mol. The van der Waals surface area contributed by atoms with Crippen molar-refractivity contribution in [3.8, 4) is 0 Å². The molecule has 2 rings (SSSR count). The number of esters is 1. The van der Waals surface area contributed by atoms with Gasteiger partial charge in [0, 0.05) is 38.1 Å². The van der Waals surface area contributed by atoms with Crippen LogP contribution in [0.1, 0.15) is 30.9 Å². The average Bonchev–Trinajstić information content (AvgIpc) is 3.02. The van der Waals surface area contributed by atoms with Gasteiger partial charge in [0.1, 0.15) is 18.7 Å². The van der Waals surface area contributed by atoms with Gasteiger partial charge in [-0.2, -0.15) is 0 Å². The maximum atomic E-state index is 12.8. The summed E-state index contributed by atoms with van der Waals surface area (Å²) in [5, 5.41) is 9.76. The molecule has 0 aliphatic carbocycles. The number of hydrogen-bond donors (Lipinski definition) is 5. The van der Waals surface area contributed by atoms with Crippen molar-refractivity contribution < 1.29 is 38.2 Å². The number of ether oxygens (including phenoxy) is 2. The summed E-state index contributed by atoms with van der Waals surface area (Å²) in [4.78, 5) is 74.4. The summed E-state index contributed by atoms with van der Waals surface area (Å²) in [7, 11) is 1.15. The highest BCUT2D eigenvalue weighted by Gasteiger charge is 2.26. The molecule has 0 saturated carbocycles. The first-order valence-corrected chi connectivity index (χ1v) is 14.9. The molecule has 2 aromatic rings. The second-order valence-corrected chi connectivity index (χ2v) is 10.6. The normalized spacial score (nSPS) is 12.2. The molecule has 0 spiro atoms. The minimum absolute atomic E-state index is 0. The highest BCUT2D eigenvalue weighted by molar-refractivity contribution is 8.13. The van der Waals surface area contributed by atoms with Crippen LogP contribution in [0.4, 0.5) is 4.79 Å². The van der Waals surface area contributed by atoms with E-state index in [1.165, 1.54) is 6.92 Å². The zero-order chi connectivity index (χ0) is 32.3. The number of rotatable bonds is 17. The Hall–Kier alpha value is -4.14. The first-order chi connectivity index (χ1) is 21.1. The lowest BCUT2D eigenvalue weighted by Gasteiger charge is -2.19. The molecule has 6 N–H and O–H groups in total. The maximum absolute atomic E-state index is 12.8. The van der Waals surface area contributed by atoms with Gasteiger partial charge in [-0.25, -0.2) is 9.59 Å². The van der Waals surface area contributed by atoms with Gasteiger partial charge >= 0.3 is 12.1 Å². The summed E-state index contributed by atoms with van der Waals surface area (Å²) in [5.41, 5.74) is 7.06. The van der Waals surface area contributed by atoms with Crippen LogP contribution in [0.15, 0.2) is 60.7 Å². The Balaban J connectivity index is 0.0000101. The minimum Gasteiger partial charge on any atom is -0.467 e. The Morgan fingerprint density at radius 2 is 1.40 bits per heavy atom. The van der Waals surface area contributed by atoms with Crippen LogP contribution >= 0.6 is 24.2 Å². The van der Waals surface area contributed by atoms with Gasteiger partial charge in [0.15, 0.2) is 0 Å². The van der Waals surface area contributed by atoms with Crippen molar-refractivity contribution in [3.63, 3.8) is 0 Å². The van der Waals surface area contributed by atoms with Crippen LogP contribution in [0.2, 0.25) is 0 Å². The van der Waals surface area contributed by atoms with Gasteiger partial charge in [-0.05, 0) is 18.1 Å². The summed E-state index contributed by atoms with van der Waals surface area (Å²) in [6.45, 7) is 1.56. The van der Waals surface area contributed by atoms with Gasteiger partial charge in [-0.3, -0.25) is 19.2 Å². The number of nitrogens with two attached hydrogens (primary N) is 1. The van der Waals surface area contributed by atoms with E-state index in [0.717, 1.165) is 30.0 Å². The van der Waals surface area contributed by atoms with Crippen LogP contribution in [0.25, 0.3) is 0 Å². The van der Waals surface area contributed by atoms with Crippen LogP contribution in [-0.2, 0) is 46.5 Å². The van der Waals surface area contributed by atoms with Gasteiger partial charge in [0.25, 0.3) is 0 Å². The number of amides is 4. The lowest BCUT2D eigenvalue weighted by Crippen LogP contribution is -2.49. The number of thioether (sulfide) groups is 1. The monoisotopic (exact) mass is 665 g/mol. The number of benzene rings is 2. The molecule has 13 nitrogen and oxygen atoms in total. The fourth-order valence-electron chi connectivity index (χ4n) is 3.75. The lowest BCUT2D eigenvalue weighted by molar-refractivity contribution is -0.144. The predicted octanol–water partition coefficient (Wildman–Crippen LogP) is 1.22. The molecule has 0 bridgehead atoms. The molecule has 246 valence electrons. The largest absolute Gasteiger partial charge is 0.467 e. The van der Waals surface area contributed by atoms with E-state index in [1.54, 1.807) is 24.3 Å². The molecule has 15 heteroatoms. The van der Waals surface area contributed by atoms with Crippen molar-refractivity contribution in [1.29, 1.82) is 0 Å². The standard InChI is InChI=1S/C30H39N5O8S.ClH/c1-20(33-30(41)43-18-22-11-7-4-8-12-22)29(40)44-19-24(28(39)42-2)35-26(37)14-16-32-27(38)23(34-25(36)13-15-31)17-21-9-5-3-6-10-21;/h3-12,20,23-24H,13-19,31H2,1-2H3,(H,32,38)(H,33,41)(H,34,36)(H,35,37);1H/t20-,23-,24-;/m0./s1. The Morgan fingerprint density at radius 1 is 0.822 bits per heavy atom. The fourth-order valence-corrected chi connectivity index (χ4v) is 4.61. The molecule has 0 radical (unpaired) electrons. The summed E-state index contributed by atoms with van der Waals surface area (Å²) >= 11 is 0.734. The molecule has 0 unspecified atom stereocenters. The molecule has 45 heavy (non-hydrogen) atoms. The van der Waals surface area contributed by atoms with E-state index in [1.807, 2.05) is 36.4 Å². The summed E-state index contributed by atoms with van der Waals surface area (Å²) in [6, 6.07) is 15.2. The van der Waals surface area contributed by atoms with Gasteiger partial charge in [-0.1, -0.05) is 72.4 Å². The van der Waals surface area contributed by atoms with Crippen molar-refractivity contribution in [1.82, 2.24) is 21.3 Å². The number of methoxy groups -OCH3 is 1. The molecular formula is C30H40ClN5O8S. The molecular weight excluding hydrogens is 626 g/mol. The summed E-state index contributed by atoms with van der Waals surface area (Å²) in [6.07, 6.45) is -0.662. The van der Waals surface area contributed by atoms with Crippen molar-refractivity contribution >= 4 is 59.1 Å². The first kappa shape index (κ1) is 38.9. The van der Waals surface area contributed by atoms with Gasteiger partial charge in [0.2, 0.25) is 22.8 Å². The highest BCUT2D eigenvalue weighted by atomic mass is 35.5. The Labute approximate surface area is 272 Å². The SMILES string of the molecule is COC(=O)[C@H](CSC(=O)[C@H](C)NC(=O)OCc1ccccc1)NC(=O)CCNC(=O)[C@H](Cc1ccccc1)NC(=O)CCN.Cl. The third-order valence-electron chi connectivity index (χ3n) is 6.07. The summed E-state index contributed by atoms with van der Waals surface area (Å²) < 4.78 is 9.86. The van der Waals surface area contributed by atoms with E-state index >= 15 is 0 Å². The molecule has 0 aliphatic heterocycles. The third-order valence-corrected chi connectivity index (χ3v) is 7.21. The Bertz CT molecular complexity index is 1260. The number of carbonyl (C=O) groups is 6. The Kier molecular flexibility index (Phi) is 18.6. The van der Waals surface area contributed by atoms with Gasteiger partial charge < -0.3 is 36.5 Å². The van der Waals surface area contributed by atoms with Gasteiger partial charge in [-0.15, -0.1) is 12.4 Å². The van der Waals surface area contributed by atoms with Crippen LogP contribution in [0.5, 0.6) is 0 Å². The number of alkyl carbamates (subject to hydrolysis) is 1. The van der Waals surface area contributed by atoms with Gasteiger partial charge in [0.05, 0.1) is 13.2 Å². The molecule has 4 amide bonds. The maximum Gasteiger partial charge on any atom is 0.408 e. The van der Waals surface area contributed by atoms with Crippen LogP contribution in [0, 0.1) is 0 Å². The van der Waals surface area contributed by atoms with Crippen molar-refractivity contribution in [3.05, 3.63) is 71.8 Å². The van der Waals surface area contributed by atoms with Crippen molar-refractivity contribution in [2.75, 3.05) is 26.0 Å². The smallest absolute Gasteiger partial charge is 0.408 e. The molecule has 0 fully saturated rings. The topological polar surface area (TPSA) is 195 Å². The average molecular weight is 666 g/mol. The first-order valence-electron chi connectivity index (χ1n) is 13.9. The molecule has 2 aromatic carbocycles. The Morgan fingerprint density at radius 3 is 2.00 bits per heavy atom. The zero-order valence-electron chi connectivity index (χ0n) is 25.1. The lowest BCUT2D eigenvalue weighted by atomic mass is 10.0. The zero-order valence-corrected chi connectivity index (χ0v) is 26.7.